The lowest BCUT2D eigenvalue weighted by Crippen LogP contribution is -2.34. The second kappa shape index (κ2) is 13.4. The van der Waals surface area contributed by atoms with Crippen molar-refractivity contribution in [2.45, 2.75) is 44.2 Å². The van der Waals surface area contributed by atoms with Crippen molar-refractivity contribution < 1.29 is 4.79 Å². The highest BCUT2D eigenvalue weighted by Crippen LogP contribution is 2.27. The number of carbonyl (C=O) groups is 1. The number of amidine groups is 1. The number of hydrogen-bond acceptors (Lipinski definition) is 7. The molecule has 1 aromatic carbocycles. The van der Waals surface area contributed by atoms with E-state index in [-0.39, 0.29) is 5.91 Å². The zero-order valence-electron chi connectivity index (χ0n) is 20.6. The van der Waals surface area contributed by atoms with Crippen molar-refractivity contribution in [1.82, 2.24) is 25.3 Å². The molecule has 0 saturated heterocycles. The largest absolute Gasteiger partial charge is 0.325 e. The number of rotatable bonds is 11. The van der Waals surface area contributed by atoms with Crippen molar-refractivity contribution in [3.63, 3.8) is 0 Å². The van der Waals surface area contributed by atoms with E-state index < -0.39 is 0 Å². The molecule has 9 nitrogen and oxygen atoms in total. The topological polar surface area (TPSA) is 98.9 Å². The molecule has 2 aromatic rings. The molecule has 1 aromatic heterocycles. The maximum Gasteiger partial charge on any atom is 0.238 e. The van der Waals surface area contributed by atoms with Crippen LogP contribution in [0, 0.1) is 0 Å². The molecule has 2 rings (SSSR count). The van der Waals surface area contributed by atoms with Crippen LogP contribution in [0.4, 0.5) is 11.6 Å². The first-order chi connectivity index (χ1) is 16.2. The summed E-state index contributed by atoms with van der Waals surface area (Å²) in [5, 5.41) is 3.66. The number of nitrogens with zero attached hydrogens (tertiary/aromatic N) is 5. The minimum absolute atomic E-state index is 0.0399. The monoisotopic (exact) mass is 482 g/mol. The van der Waals surface area contributed by atoms with Gasteiger partial charge >= 0.3 is 0 Å². The maximum absolute atomic E-state index is 12.1. The molecule has 0 aliphatic heterocycles. The van der Waals surface area contributed by atoms with Crippen LogP contribution in [0.15, 0.2) is 75.3 Å². The van der Waals surface area contributed by atoms with Gasteiger partial charge in [0.05, 0.1) is 6.54 Å². The van der Waals surface area contributed by atoms with Crippen LogP contribution >= 0.6 is 11.8 Å². The standard InChI is InChI=1S/C24H34N8OS/c1-8-25-21-15-23(28-24(32(21)10-3)26-18(6)30-29-17(4)5)34-20-13-11-19(12-14-20)27-22(33)16-31(7)9-2/h8,11-15,29H,1,4,9-10,16H2,2-3,5-7H3,(H,27,33)(H,26,28,30). The third-order valence-corrected chi connectivity index (χ3v) is 5.49. The van der Waals surface area contributed by atoms with E-state index in [0.29, 0.717) is 30.4 Å². The van der Waals surface area contributed by atoms with E-state index >= 15 is 0 Å². The van der Waals surface area contributed by atoms with Crippen LogP contribution in [0.5, 0.6) is 0 Å². The summed E-state index contributed by atoms with van der Waals surface area (Å²) < 4.78 is 1.91. The van der Waals surface area contributed by atoms with Crippen LogP contribution in [-0.2, 0) is 11.3 Å². The fourth-order valence-corrected chi connectivity index (χ4v) is 3.59. The predicted octanol–water partition coefficient (Wildman–Crippen LogP) is 3.67. The lowest BCUT2D eigenvalue weighted by Gasteiger charge is -2.14. The van der Waals surface area contributed by atoms with E-state index in [2.05, 4.69) is 39.3 Å². The van der Waals surface area contributed by atoms with E-state index in [1.54, 1.807) is 0 Å². The van der Waals surface area contributed by atoms with Gasteiger partial charge in [0.2, 0.25) is 11.9 Å². The number of aromatic nitrogens is 2. The molecule has 3 N–H and O–H groups in total. The molecule has 0 atom stereocenters. The molecule has 0 radical (unpaired) electrons. The molecule has 0 unspecified atom stereocenters. The number of nitrogens with one attached hydrogen (secondary N) is 3. The second-order valence-electron chi connectivity index (χ2n) is 7.54. The Bertz CT molecular complexity index is 1100. The van der Waals surface area contributed by atoms with Crippen molar-refractivity contribution in [3.8, 4) is 0 Å². The molecular formula is C24H34N8OS. The number of hydrazine groups is 1. The SMILES string of the molecule is C=CN=c1cc(Sc2ccc(NC(=O)CN(C)CC)cc2)nc(/N=C(\C)NNC(=C)C)n1CC. The van der Waals surface area contributed by atoms with E-state index in [1.807, 2.05) is 74.5 Å². The van der Waals surface area contributed by atoms with E-state index in [1.165, 1.54) is 18.0 Å². The Morgan fingerprint density at radius 2 is 1.94 bits per heavy atom. The minimum Gasteiger partial charge on any atom is -0.325 e. The van der Waals surface area contributed by atoms with Crippen LogP contribution in [-0.4, -0.2) is 46.3 Å². The van der Waals surface area contributed by atoms with Crippen LogP contribution in [0.25, 0.3) is 0 Å². The van der Waals surface area contributed by atoms with Gasteiger partial charge in [-0.2, -0.15) is 4.99 Å². The number of benzene rings is 1. The number of hydrogen-bond donors (Lipinski definition) is 3. The Morgan fingerprint density at radius 1 is 1.24 bits per heavy atom. The van der Waals surface area contributed by atoms with Gasteiger partial charge in [-0.3, -0.25) is 19.7 Å². The summed E-state index contributed by atoms with van der Waals surface area (Å²) in [7, 11) is 1.91. The summed E-state index contributed by atoms with van der Waals surface area (Å²) >= 11 is 1.49. The summed E-state index contributed by atoms with van der Waals surface area (Å²) in [4.78, 5) is 28.8. The molecule has 0 aliphatic carbocycles. The molecule has 0 fully saturated rings. The molecule has 0 spiro atoms. The third kappa shape index (κ3) is 8.53. The van der Waals surface area contributed by atoms with Crippen molar-refractivity contribution in [2.75, 3.05) is 25.5 Å². The van der Waals surface area contributed by atoms with Crippen molar-refractivity contribution in [2.24, 2.45) is 9.98 Å². The van der Waals surface area contributed by atoms with Crippen molar-refractivity contribution in [3.05, 3.63) is 60.9 Å². The first-order valence-corrected chi connectivity index (χ1v) is 11.8. The highest BCUT2D eigenvalue weighted by molar-refractivity contribution is 7.99. The third-order valence-electron chi connectivity index (χ3n) is 4.56. The van der Waals surface area contributed by atoms with Crippen LogP contribution in [0.3, 0.4) is 0 Å². The summed E-state index contributed by atoms with van der Waals surface area (Å²) in [6.07, 6.45) is 1.50. The van der Waals surface area contributed by atoms with Crippen molar-refractivity contribution in [1.29, 1.82) is 0 Å². The molecule has 1 heterocycles. The van der Waals surface area contributed by atoms with Crippen LogP contribution in [0.1, 0.15) is 27.7 Å². The Hall–Kier alpha value is -3.37. The van der Waals surface area contributed by atoms with Gasteiger partial charge in [-0.1, -0.05) is 31.8 Å². The number of anilines is 1. The molecule has 0 aliphatic rings. The zero-order chi connectivity index (χ0) is 25.1. The number of likely N-dealkylation sites (N-methyl/N-ethyl adjacent to an activating group) is 1. The number of allylic oxidation sites excluding steroid dienone is 1. The van der Waals surface area contributed by atoms with Crippen LogP contribution in [0.2, 0.25) is 0 Å². The normalized spacial score (nSPS) is 11.9. The first kappa shape index (κ1) is 26.9. The van der Waals surface area contributed by atoms with Gasteiger partial charge in [0.15, 0.2) is 0 Å². The Morgan fingerprint density at radius 3 is 2.53 bits per heavy atom. The van der Waals surface area contributed by atoms with Gasteiger partial charge < -0.3 is 10.7 Å². The number of carbonyl (C=O) groups excluding carboxylic acids is 1. The zero-order valence-corrected chi connectivity index (χ0v) is 21.4. The summed E-state index contributed by atoms with van der Waals surface area (Å²) in [5.41, 5.74) is 8.16. The number of aliphatic imine (C=N–C) groups is 1. The summed E-state index contributed by atoms with van der Waals surface area (Å²) in [5.74, 6) is 1.12. The van der Waals surface area contributed by atoms with Crippen LogP contribution < -0.4 is 21.7 Å². The van der Waals surface area contributed by atoms with Gasteiger partial charge in [-0.15, -0.1) is 0 Å². The average Bonchev–Trinajstić information content (AvgIpc) is 2.79. The van der Waals surface area contributed by atoms with E-state index in [0.717, 1.165) is 27.9 Å². The quantitative estimate of drug-likeness (QED) is 0.196. The fraction of sp³-hybridized carbons (Fsp3) is 0.333. The Labute approximate surface area is 205 Å². The molecule has 10 heteroatoms. The predicted molar refractivity (Wildman–Crippen MR) is 140 cm³/mol. The van der Waals surface area contributed by atoms with Gasteiger partial charge in [0, 0.05) is 35.1 Å². The highest BCUT2D eigenvalue weighted by atomic mass is 32.2. The van der Waals surface area contributed by atoms with E-state index in [4.69, 9.17) is 4.98 Å². The highest BCUT2D eigenvalue weighted by Gasteiger charge is 2.09. The first-order valence-electron chi connectivity index (χ1n) is 11.0. The minimum atomic E-state index is -0.0399. The fourth-order valence-electron chi connectivity index (χ4n) is 2.78. The Balaban J connectivity index is 2.28. The summed E-state index contributed by atoms with van der Waals surface area (Å²) in [6.45, 7) is 17.1. The molecule has 0 bridgehead atoms. The second-order valence-corrected chi connectivity index (χ2v) is 8.63. The van der Waals surface area contributed by atoms with E-state index in [9.17, 15) is 4.79 Å². The van der Waals surface area contributed by atoms with Gasteiger partial charge in [0.1, 0.15) is 16.3 Å². The maximum atomic E-state index is 12.1. The lowest BCUT2D eigenvalue weighted by molar-refractivity contribution is -0.117. The molecular weight excluding hydrogens is 448 g/mol. The van der Waals surface area contributed by atoms with Gasteiger partial charge in [-0.05, 0) is 58.6 Å². The van der Waals surface area contributed by atoms with Gasteiger partial charge in [0.25, 0.3) is 0 Å². The lowest BCUT2D eigenvalue weighted by atomic mass is 10.3. The van der Waals surface area contributed by atoms with Crippen molar-refractivity contribution >= 4 is 35.1 Å². The number of amides is 1. The van der Waals surface area contributed by atoms with Gasteiger partial charge in [-0.25, -0.2) is 9.98 Å². The molecule has 182 valence electrons. The molecule has 1 amide bonds. The average molecular weight is 483 g/mol. The smallest absolute Gasteiger partial charge is 0.238 e. The Kier molecular flexibility index (Phi) is 10.6. The summed E-state index contributed by atoms with van der Waals surface area (Å²) in [6, 6.07) is 9.56. The molecule has 34 heavy (non-hydrogen) atoms. The molecule has 0 saturated carbocycles.